The molecule has 0 saturated carbocycles. The molecule has 10 heteroatoms. The molecule has 3 rings (SSSR count). The van der Waals surface area contributed by atoms with Crippen LogP contribution >= 0.6 is 35.0 Å². The van der Waals surface area contributed by atoms with Crippen molar-refractivity contribution in [1.82, 2.24) is 0 Å². The van der Waals surface area contributed by atoms with Gasteiger partial charge in [-0.2, -0.15) is 0 Å². The Hall–Kier alpha value is -2.36. The van der Waals surface area contributed by atoms with E-state index in [1.165, 1.54) is 19.2 Å². The normalized spacial score (nSPS) is 13.2. The minimum Gasteiger partial charge on any atom is -0.495 e. The molecular formula is C26H26Cl2FN3O2S2. The molecule has 0 aromatic heterocycles. The largest absolute Gasteiger partial charge is 0.495 e. The Bertz CT molecular complexity index is 1270. The van der Waals surface area contributed by atoms with Crippen molar-refractivity contribution in [3.8, 4) is 5.75 Å². The zero-order valence-corrected chi connectivity index (χ0v) is 22.9. The van der Waals surface area contributed by atoms with E-state index in [9.17, 15) is 8.60 Å². The molecule has 0 aliphatic carbocycles. The second kappa shape index (κ2) is 13.3. The summed E-state index contributed by atoms with van der Waals surface area (Å²) >= 11 is 14.0. The van der Waals surface area contributed by atoms with Gasteiger partial charge in [-0.05, 0) is 66.4 Å². The van der Waals surface area contributed by atoms with Crippen LogP contribution in [0.15, 0.2) is 82.4 Å². The van der Waals surface area contributed by atoms with Crippen LogP contribution in [0.2, 0.25) is 10.0 Å². The second-order valence-electron chi connectivity index (χ2n) is 7.80. The third kappa shape index (κ3) is 7.11. The first kappa shape index (κ1) is 28.2. The van der Waals surface area contributed by atoms with Crippen molar-refractivity contribution in [3.05, 3.63) is 99.6 Å². The average Bonchev–Trinajstić information content (AvgIpc) is 2.87. The molecule has 0 heterocycles. The summed E-state index contributed by atoms with van der Waals surface area (Å²) in [7, 11) is -0.156. The van der Waals surface area contributed by atoms with E-state index in [0.29, 0.717) is 32.3 Å². The van der Waals surface area contributed by atoms with Gasteiger partial charge in [0.15, 0.2) is 0 Å². The van der Waals surface area contributed by atoms with Gasteiger partial charge in [-0.25, -0.2) is 13.7 Å². The van der Waals surface area contributed by atoms with E-state index in [1.54, 1.807) is 48.3 Å². The number of ether oxygens (including phenoxy) is 1. The first-order valence-electron chi connectivity index (χ1n) is 10.8. The number of anilines is 1. The molecule has 0 amide bonds. The number of thioether (sulfide) groups is 1. The SMILES string of the molecule is C=N/C=C(/C(C)c1ccc(Cl)c(Cl)c1)N(CSCc1ccc(OC)c(S(N)=O)c1)c1ccc(F)cc1. The fourth-order valence-corrected chi connectivity index (χ4v) is 5.51. The zero-order valence-electron chi connectivity index (χ0n) is 19.8. The molecule has 190 valence electrons. The number of nitrogens with zero attached hydrogens (tertiary/aromatic N) is 2. The molecule has 0 aliphatic heterocycles. The Balaban J connectivity index is 1.90. The maximum atomic E-state index is 13.7. The first-order chi connectivity index (χ1) is 17.2. The van der Waals surface area contributed by atoms with E-state index in [0.717, 1.165) is 22.5 Å². The molecule has 3 aromatic rings. The van der Waals surface area contributed by atoms with Crippen molar-refractivity contribution in [2.45, 2.75) is 23.5 Å². The van der Waals surface area contributed by atoms with Gasteiger partial charge in [0, 0.05) is 29.3 Å². The maximum absolute atomic E-state index is 13.7. The van der Waals surface area contributed by atoms with Gasteiger partial charge < -0.3 is 9.64 Å². The second-order valence-corrected chi connectivity index (χ2v) is 10.6. The molecule has 0 aliphatic rings. The van der Waals surface area contributed by atoms with Crippen LogP contribution in [-0.4, -0.2) is 23.9 Å². The molecular weight excluding hydrogens is 540 g/mol. The van der Waals surface area contributed by atoms with Crippen LogP contribution < -0.4 is 14.8 Å². The quantitative estimate of drug-likeness (QED) is 0.198. The lowest BCUT2D eigenvalue weighted by atomic mass is 9.97. The molecule has 2 atom stereocenters. The highest BCUT2D eigenvalue weighted by molar-refractivity contribution is 7.98. The number of hydrogen-bond acceptors (Lipinski definition) is 5. The number of hydrogen-bond donors (Lipinski definition) is 1. The average molecular weight is 567 g/mol. The Kier molecular flexibility index (Phi) is 10.4. The van der Waals surface area contributed by atoms with Gasteiger partial charge in [0.05, 0.1) is 27.9 Å². The molecule has 0 spiro atoms. The van der Waals surface area contributed by atoms with Crippen molar-refractivity contribution in [2.75, 3.05) is 17.9 Å². The summed E-state index contributed by atoms with van der Waals surface area (Å²) in [6.45, 7) is 5.68. The lowest BCUT2D eigenvalue weighted by Crippen LogP contribution is -2.25. The standard InChI is InChI=1S/C26H26Cl2FN3O2S2/c1-17(19-5-10-22(27)23(28)13-19)24(14-31-2)32(21-8-6-20(29)7-9-21)16-35-15-18-4-11-25(34-3)26(12-18)36(30)33/h4-14,17H,2,15-16,30H2,1,3H3/b24-14-. The summed E-state index contributed by atoms with van der Waals surface area (Å²) in [5.74, 6) is 1.17. The molecule has 0 radical (unpaired) electrons. The van der Waals surface area contributed by atoms with Gasteiger partial charge in [-0.1, -0.05) is 42.3 Å². The maximum Gasteiger partial charge on any atom is 0.136 e. The Morgan fingerprint density at radius 2 is 1.92 bits per heavy atom. The van der Waals surface area contributed by atoms with Gasteiger partial charge in [0.2, 0.25) is 0 Å². The van der Waals surface area contributed by atoms with Crippen molar-refractivity contribution in [1.29, 1.82) is 0 Å². The summed E-state index contributed by atoms with van der Waals surface area (Å²) in [4.78, 5) is 6.54. The predicted octanol–water partition coefficient (Wildman–Crippen LogP) is 7.17. The lowest BCUT2D eigenvalue weighted by Gasteiger charge is -2.31. The van der Waals surface area contributed by atoms with Crippen molar-refractivity contribution < 1.29 is 13.3 Å². The Morgan fingerprint density at radius 1 is 1.19 bits per heavy atom. The summed E-state index contributed by atoms with van der Waals surface area (Å²) in [5.41, 5.74) is 3.53. The fourth-order valence-electron chi connectivity index (χ4n) is 3.60. The highest BCUT2D eigenvalue weighted by Crippen LogP contribution is 2.35. The van der Waals surface area contributed by atoms with Gasteiger partial charge >= 0.3 is 0 Å². The number of aliphatic imine (C=N–C) groups is 1. The van der Waals surface area contributed by atoms with E-state index in [2.05, 4.69) is 16.6 Å². The van der Waals surface area contributed by atoms with Gasteiger partial charge in [-0.15, -0.1) is 11.8 Å². The smallest absolute Gasteiger partial charge is 0.136 e. The minimum absolute atomic E-state index is 0.122. The van der Waals surface area contributed by atoms with Gasteiger partial charge in [-0.3, -0.25) is 4.99 Å². The van der Waals surface area contributed by atoms with Gasteiger partial charge in [0.1, 0.15) is 22.6 Å². The molecule has 0 fully saturated rings. The number of halogens is 3. The molecule has 2 unspecified atom stereocenters. The molecule has 36 heavy (non-hydrogen) atoms. The number of allylic oxidation sites excluding steroid dienone is 1. The number of methoxy groups -OCH3 is 1. The highest BCUT2D eigenvalue weighted by atomic mass is 35.5. The topological polar surface area (TPSA) is 67.9 Å². The summed E-state index contributed by atoms with van der Waals surface area (Å²) in [5, 5.41) is 6.55. The molecule has 3 aromatic carbocycles. The zero-order chi connectivity index (χ0) is 26.2. The van der Waals surface area contributed by atoms with E-state index in [4.69, 9.17) is 33.1 Å². The molecule has 5 nitrogen and oxygen atoms in total. The predicted molar refractivity (Wildman–Crippen MR) is 151 cm³/mol. The number of nitrogens with two attached hydrogens (primary N) is 1. The van der Waals surface area contributed by atoms with Crippen LogP contribution in [0.3, 0.4) is 0 Å². The van der Waals surface area contributed by atoms with Crippen LogP contribution in [0.1, 0.15) is 24.0 Å². The molecule has 0 bridgehead atoms. The Morgan fingerprint density at radius 3 is 2.53 bits per heavy atom. The van der Waals surface area contributed by atoms with Crippen LogP contribution in [0.4, 0.5) is 10.1 Å². The van der Waals surface area contributed by atoms with Crippen LogP contribution in [0.5, 0.6) is 5.75 Å². The van der Waals surface area contributed by atoms with Crippen LogP contribution in [0.25, 0.3) is 0 Å². The van der Waals surface area contributed by atoms with Crippen molar-refractivity contribution >= 4 is 58.4 Å². The van der Waals surface area contributed by atoms with E-state index in [1.807, 2.05) is 25.1 Å². The summed E-state index contributed by atoms with van der Waals surface area (Å²) < 4.78 is 30.9. The fraction of sp³-hybridized carbons (Fsp3) is 0.192. The van der Waals surface area contributed by atoms with E-state index < -0.39 is 11.0 Å². The van der Waals surface area contributed by atoms with Gasteiger partial charge in [0.25, 0.3) is 0 Å². The monoisotopic (exact) mass is 565 g/mol. The highest BCUT2D eigenvalue weighted by Gasteiger charge is 2.21. The lowest BCUT2D eigenvalue weighted by molar-refractivity contribution is 0.404. The minimum atomic E-state index is -1.67. The molecule has 0 saturated heterocycles. The van der Waals surface area contributed by atoms with Crippen molar-refractivity contribution in [3.63, 3.8) is 0 Å². The summed E-state index contributed by atoms with van der Waals surface area (Å²) in [6.07, 6.45) is 1.69. The molecule has 2 N–H and O–H groups in total. The van der Waals surface area contributed by atoms with Crippen LogP contribution in [0, 0.1) is 5.82 Å². The third-order valence-corrected chi connectivity index (χ3v) is 7.96. The number of benzene rings is 3. The first-order valence-corrected chi connectivity index (χ1v) is 13.9. The van der Waals surface area contributed by atoms with Crippen LogP contribution in [-0.2, 0) is 16.7 Å². The number of rotatable bonds is 11. The van der Waals surface area contributed by atoms with Crippen molar-refractivity contribution in [2.24, 2.45) is 10.1 Å². The van der Waals surface area contributed by atoms with E-state index in [-0.39, 0.29) is 11.7 Å². The third-order valence-electron chi connectivity index (χ3n) is 5.49. The van der Waals surface area contributed by atoms with E-state index >= 15 is 0 Å². The summed E-state index contributed by atoms with van der Waals surface area (Å²) in [6, 6.07) is 17.2. The Labute approximate surface area is 227 Å².